The van der Waals surface area contributed by atoms with Crippen molar-refractivity contribution in [3.8, 4) is 0 Å². The van der Waals surface area contributed by atoms with Crippen LogP contribution in [0.15, 0.2) is 0 Å². The first-order valence-electron chi connectivity index (χ1n) is 8.28. The molecule has 0 unspecified atom stereocenters. The molecule has 4 bridgehead atoms. The van der Waals surface area contributed by atoms with Gasteiger partial charge < -0.3 is 15.7 Å². The van der Waals surface area contributed by atoms with Gasteiger partial charge in [0.1, 0.15) is 0 Å². The Morgan fingerprint density at radius 2 is 1.52 bits per heavy atom. The van der Waals surface area contributed by atoms with Crippen molar-refractivity contribution >= 4 is 12.0 Å². The number of hydrogen-bond acceptors (Lipinski definition) is 2. The molecular weight excluding hydrogens is 268 g/mol. The monoisotopic (exact) mass is 292 g/mol. The molecule has 0 radical (unpaired) electrons. The minimum absolute atomic E-state index is 0.00122. The Balaban J connectivity index is 1.35. The Kier molecular flexibility index (Phi) is 2.79. The van der Waals surface area contributed by atoms with Crippen LogP contribution in [0, 0.1) is 23.2 Å². The van der Waals surface area contributed by atoms with E-state index in [1.165, 1.54) is 19.3 Å². The molecule has 0 atom stereocenters. The normalized spacial score (nSPS) is 41.6. The molecule has 0 spiro atoms. The molecule has 5 heteroatoms. The van der Waals surface area contributed by atoms with Gasteiger partial charge in [0.15, 0.2) is 0 Å². The third-order valence-electron chi connectivity index (χ3n) is 6.31. The van der Waals surface area contributed by atoms with Crippen LogP contribution in [-0.4, -0.2) is 29.2 Å². The quantitative estimate of drug-likeness (QED) is 0.742. The molecule has 0 aliphatic heterocycles. The Hall–Kier alpha value is -1.26. The maximum absolute atomic E-state index is 12.2. The number of rotatable bonds is 4. The Morgan fingerprint density at radius 3 is 1.95 bits per heavy atom. The van der Waals surface area contributed by atoms with E-state index in [-0.39, 0.29) is 18.1 Å². The van der Waals surface area contributed by atoms with E-state index in [9.17, 15) is 9.59 Å². The molecule has 0 saturated heterocycles. The van der Waals surface area contributed by atoms with Crippen molar-refractivity contribution in [1.29, 1.82) is 0 Å². The van der Waals surface area contributed by atoms with Crippen molar-refractivity contribution in [2.75, 3.05) is 6.54 Å². The molecule has 5 saturated carbocycles. The molecule has 116 valence electrons. The van der Waals surface area contributed by atoms with Gasteiger partial charge in [0.05, 0.1) is 5.41 Å². The zero-order valence-corrected chi connectivity index (χ0v) is 12.4. The highest BCUT2D eigenvalue weighted by atomic mass is 16.4. The second-order valence-corrected chi connectivity index (χ2v) is 8.09. The van der Waals surface area contributed by atoms with Crippen molar-refractivity contribution < 1.29 is 14.7 Å². The topological polar surface area (TPSA) is 78.4 Å². The fraction of sp³-hybridized carbons (Fsp3) is 0.875. The van der Waals surface area contributed by atoms with Crippen molar-refractivity contribution in [3.05, 3.63) is 0 Å². The van der Waals surface area contributed by atoms with Crippen LogP contribution >= 0.6 is 0 Å². The minimum atomic E-state index is -0.780. The lowest BCUT2D eigenvalue weighted by atomic mass is 9.53. The first-order chi connectivity index (χ1) is 9.99. The maximum atomic E-state index is 12.2. The largest absolute Gasteiger partial charge is 0.481 e. The van der Waals surface area contributed by atoms with Gasteiger partial charge in [-0.05, 0) is 69.1 Å². The summed E-state index contributed by atoms with van der Waals surface area (Å²) in [6, 6.07) is -0.163. The van der Waals surface area contributed by atoms with Gasteiger partial charge in [-0.2, -0.15) is 0 Å². The number of carboxylic acid groups (broad SMARTS) is 1. The zero-order valence-electron chi connectivity index (χ0n) is 12.4. The van der Waals surface area contributed by atoms with E-state index in [4.69, 9.17) is 5.11 Å². The van der Waals surface area contributed by atoms with Gasteiger partial charge in [-0.1, -0.05) is 0 Å². The molecule has 0 heterocycles. The predicted octanol–water partition coefficient (Wildman–Crippen LogP) is 2.12. The van der Waals surface area contributed by atoms with Crippen LogP contribution in [0.1, 0.15) is 51.4 Å². The number of nitrogens with one attached hydrogen (secondary N) is 2. The van der Waals surface area contributed by atoms with Crippen molar-refractivity contribution in [2.24, 2.45) is 23.2 Å². The molecule has 0 aromatic rings. The second kappa shape index (κ2) is 4.37. The highest BCUT2D eigenvalue weighted by Crippen LogP contribution is 2.55. The smallest absolute Gasteiger partial charge is 0.315 e. The van der Waals surface area contributed by atoms with E-state index >= 15 is 0 Å². The van der Waals surface area contributed by atoms with Gasteiger partial charge in [-0.15, -0.1) is 0 Å². The summed E-state index contributed by atoms with van der Waals surface area (Å²) in [4.78, 5) is 23.3. The lowest BCUT2D eigenvalue weighted by Crippen LogP contribution is -2.61. The number of amides is 2. The molecule has 3 N–H and O–H groups in total. The fourth-order valence-electron chi connectivity index (χ4n) is 5.42. The molecule has 2 amide bonds. The van der Waals surface area contributed by atoms with Crippen LogP contribution in [0.3, 0.4) is 0 Å². The molecule has 5 nitrogen and oxygen atoms in total. The summed E-state index contributed by atoms with van der Waals surface area (Å²) in [5.74, 6) is 1.61. The van der Waals surface area contributed by atoms with Crippen molar-refractivity contribution in [1.82, 2.24) is 10.6 Å². The van der Waals surface area contributed by atoms with E-state index in [1.54, 1.807) is 0 Å². The summed E-state index contributed by atoms with van der Waals surface area (Å²) in [7, 11) is 0. The van der Waals surface area contributed by atoms with Crippen LogP contribution in [0.4, 0.5) is 4.79 Å². The number of carboxylic acids is 1. The van der Waals surface area contributed by atoms with Crippen LogP contribution < -0.4 is 10.6 Å². The SMILES string of the molecule is O=C(NCC1(C(=O)O)CC1)NC12CC3CC(CC(C3)C1)C2. The first kappa shape index (κ1) is 13.4. The fourth-order valence-corrected chi connectivity index (χ4v) is 5.42. The molecule has 0 aromatic heterocycles. The van der Waals surface area contributed by atoms with Gasteiger partial charge in [0.25, 0.3) is 0 Å². The van der Waals surface area contributed by atoms with E-state index in [0.717, 1.165) is 37.0 Å². The molecule has 5 fully saturated rings. The third-order valence-corrected chi connectivity index (χ3v) is 6.31. The maximum Gasteiger partial charge on any atom is 0.315 e. The molecule has 0 aromatic carbocycles. The van der Waals surface area contributed by atoms with Gasteiger partial charge in [0.2, 0.25) is 0 Å². The lowest BCUT2D eigenvalue weighted by Gasteiger charge is -2.56. The Bertz CT molecular complexity index is 449. The van der Waals surface area contributed by atoms with Gasteiger partial charge >= 0.3 is 12.0 Å². The van der Waals surface area contributed by atoms with Gasteiger partial charge in [-0.3, -0.25) is 4.79 Å². The highest BCUT2D eigenvalue weighted by Gasteiger charge is 2.53. The Morgan fingerprint density at radius 1 is 1.00 bits per heavy atom. The molecular formula is C16H24N2O3. The summed E-state index contributed by atoms with van der Waals surface area (Å²) in [6.45, 7) is 0.264. The van der Waals surface area contributed by atoms with Crippen LogP contribution in [0.2, 0.25) is 0 Å². The third kappa shape index (κ3) is 2.30. The number of aliphatic carboxylic acids is 1. The summed E-state index contributed by atoms with van der Waals surface area (Å²) in [5.41, 5.74) is -0.683. The van der Waals surface area contributed by atoms with E-state index in [1.807, 2.05) is 0 Å². The first-order valence-corrected chi connectivity index (χ1v) is 8.28. The van der Waals surface area contributed by atoms with Crippen LogP contribution in [0.25, 0.3) is 0 Å². The number of hydrogen-bond donors (Lipinski definition) is 3. The molecule has 5 rings (SSSR count). The van der Waals surface area contributed by atoms with Gasteiger partial charge in [-0.25, -0.2) is 4.79 Å². The molecule has 5 aliphatic rings. The minimum Gasteiger partial charge on any atom is -0.481 e. The average Bonchev–Trinajstić information content (AvgIpc) is 3.15. The summed E-state index contributed by atoms with van der Waals surface area (Å²) in [6.07, 6.45) is 8.78. The van der Waals surface area contributed by atoms with E-state index in [2.05, 4.69) is 10.6 Å². The highest BCUT2D eigenvalue weighted by molar-refractivity contribution is 5.80. The number of carbonyl (C=O) groups is 2. The Labute approximate surface area is 124 Å². The number of carbonyl (C=O) groups excluding carboxylic acids is 1. The van der Waals surface area contributed by atoms with Crippen molar-refractivity contribution in [3.63, 3.8) is 0 Å². The van der Waals surface area contributed by atoms with Gasteiger partial charge in [0, 0.05) is 12.1 Å². The number of urea groups is 1. The summed E-state index contributed by atoms with van der Waals surface area (Å²) in [5, 5.41) is 15.2. The second-order valence-electron chi connectivity index (χ2n) is 8.09. The van der Waals surface area contributed by atoms with E-state index in [0.29, 0.717) is 12.8 Å². The van der Waals surface area contributed by atoms with Crippen LogP contribution in [0.5, 0.6) is 0 Å². The lowest BCUT2D eigenvalue weighted by molar-refractivity contribution is -0.143. The average molecular weight is 292 g/mol. The zero-order chi connectivity index (χ0) is 14.7. The van der Waals surface area contributed by atoms with E-state index < -0.39 is 11.4 Å². The molecule has 21 heavy (non-hydrogen) atoms. The summed E-state index contributed by atoms with van der Waals surface area (Å²) >= 11 is 0. The predicted molar refractivity (Wildman–Crippen MR) is 76.7 cm³/mol. The standard InChI is InChI=1S/C16H24N2O3/c19-13(20)15(1-2-15)9-17-14(21)18-16-6-10-3-11(7-16)5-12(4-10)8-16/h10-12H,1-9H2,(H,19,20)(H2,17,18,21). The van der Waals surface area contributed by atoms with Crippen molar-refractivity contribution in [2.45, 2.75) is 56.9 Å². The molecule has 5 aliphatic carbocycles. The van der Waals surface area contributed by atoms with Crippen LogP contribution in [-0.2, 0) is 4.79 Å². The summed E-state index contributed by atoms with van der Waals surface area (Å²) < 4.78 is 0.